The third-order valence-electron chi connectivity index (χ3n) is 8.35. The molecule has 3 atom stereocenters. The van der Waals surface area contributed by atoms with E-state index in [0.717, 1.165) is 68.5 Å². The molecule has 3 aromatic rings. The van der Waals surface area contributed by atoms with Gasteiger partial charge in [0, 0.05) is 49.1 Å². The van der Waals surface area contributed by atoms with Crippen molar-refractivity contribution in [3.8, 4) is 22.5 Å². The van der Waals surface area contributed by atoms with Gasteiger partial charge >= 0.3 is 6.09 Å². The Bertz CT molecular complexity index is 1370. The molecule has 0 radical (unpaired) electrons. The standard InChI is InChI=1S/C30H38ClN7O3/c1-30(2,3)41-29(39)38-20-8-9-21(38)16-22(15-20)36(4)26-13-12-25(34-35-26)24-11-10-23(28(31)33-24)19-17-32-37(18-19)27-7-5-6-14-40-27/h10-13,17-18,20-22,27H,5-9,14-16H2,1-4H3. The molecule has 3 fully saturated rings. The molecule has 0 saturated carbocycles. The normalized spacial score (nSPS) is 24.4. The van der Waals surface area contributed by atoms with E-state index in [9.17, 15) is 4.79 Å². The van der Waals surface area contributed by atoms with Crippen molar-refractivity contribution in [3.05, 3.63) is 41.8 Å². The van der Waals surface area contributed by atoms with E-state index in [0.29, 0.717) is 16.5 Å². The zero-order valence-electron chi connectivity index (χ0n) is 24.2. The number of carbonyl (C=O) groups excluding carboxylic acids is 1. The van der Waals surface area contributed by atoms with Crippen LogP contribution in [-0.2, 0) is 9.47 Å². The van der Waals surface area contributed by atoms with Gasteiger partial charge in [0.15, 0.2) is 5.82 Å². The van der Waals surface area contributed by atoms with E-state index in [1.54, 1.807) is 6.20 Å². The summed E-state index contributed by atoms with van der Waals surface area (Å²) < 4.78 is 13.4. The lowest BCUT2D eigenvalue weighted by molar-refractivity contribution is -0.0394. The summed E-state index contributed by atoms with van der Waals surface area (Å²) in [5, 5.41) is 13.9. The Kier molecular flexibility index (Phi) is 7.63. The maximum absolute atomic E-state index is 12.8. The Balaban J connectivity index is 1.11. The minimum absolute atomic E-state index is 0.0249. The van der Waals surface area contributed by atoms with Crippen LogP contribution in [0.2, 0.25) is 5.15 Å². The van der Waals surface area contributed by atoms with Crippen LogP contribution in [0, 0.1) is 0 Å². The van der Waals surface area contributed by atoms with Crippen molar-refractivity contribution in [2.75, 3.05) is 18.6 Å². The summed E-state index contributed by atoms with van der Waals surface area (Å²) in [6.45, 7) is 6.50. The van der Waals surface area contributed by atoms with Crippen LogP contribution >= 0.6 is 11.6 Å². The highest BCUT2D eigenvalue weighted by Crippen LogP contribution is 2.39. The number of pyridine rings is 1. The minimum atomic E-state index is -0.492. The van der Waals surface area contributed by atoms with Gasteiger partial charge in [0.05, 0.1) is 11.9 Å². The van der Waals surface area contributed by atoms with E-state index in [1.165, 1.54) is 0 Å². The van der Waals surface area contributed by atoms with Gasteiger partial charge in [-0.15, -0.1) is 10.2 Å². The first-order chi connectivity index (χ1) is 19.7. The smallest absolute Gasteiger partial charge is 0.410 e. The van der Waals surface area contributed by atoms with Crippen molar-refractivity contribution in [3.63, 3.8) is 0 Å². The molecule has 6 heterocycles. The van der Waals surface area contributed by atoms with Gasteiger partial charge in [0.1, 0.15) is 22.7 Å². The number of amides is 1. The molecule has 0 spiro atoms. The molecule has 3 aliphatic heterocycles. The number of halogens is 1. The van der Waals surface area contributed by atoms with Gasteiger partial charge in [-0.2, -0.15) is 5.10 Å². The molecule has 218 valence electrons. The van der Waals surface area contributed by atoms with Crippen LogP contribution in [-0.4, -0.2) is 73.3 Å². The third kappa shape index (κ3) is 5.90. The maximum Gasteiger partial charge on any atom is 0.410 e. The first kappa shape index (κ1) is 27.9. The maximum atomic E-state index is 12.8. The Labute approximate surface area is 246 Å². The fraction of sp³-hybridized carbons (Fsp3) is 0.567. The average molecular weight is 580 g/mol. The van der Waals surface area contributed by atoms with Gasteiger partial charge in [0.25, 0.3) is 0 Å². The molecule has 0 aliphatic carbocycles. The quantitative estimate of drug-likeness (QED) is 0.333. The highest BCUT2D eigenvalue weighted by molar-refractivity contribution is 6.32. The van der Waals surface area contributed by atoms with Crippen molar-refractivity contribution in [1.29, 1.82) is 0 Å². The molecule has 0 N–H and O–H groups in total. The van der Waals surface area contributed by atoms with Gasteiger partial charge in [0.2, 0.25) is 0 Å². The van der Waals surface area contributed by atoms with Crippen molar-refractivity contribution in [2.45, 2.75) is 95.7 Å². The molecule has 3 aromatic heterocycles. The van der Waals surface area contributed by atoms with E-state index < -0.39 is 5.60 Å². The lowest BCUT2D eigenvalue weighted by atomic mass is 9.96. The summed E-state index contributed by atoms with van der Waals surface area (Å²) in [6, 6.07) is 8.42. The van der Waals surface area contributed by atoms with E-state index >= 15 is 0 Å². The number of ether oxygens (including phenoxy) is 2. The second kappa shape index (κ2) is 11.2. The second-order valence-electron chi connectivity index (χ2n) is 12.4. The number of piperidine rings is 1. The molecular weight excluding hydrogens is 542 g/mol. The fourth-order valence-corrected chi connectivity index (χ4v) is 6.54. The molecule has 6 rings (SSSR count). The Morgan fingerprint density at radius 1 is 1.05 bits per heavy atom. The van der Waals surface area contributed by atoms with E-state index in [4.69, 9.17) is 21.1 Å². The number of carbonyl (C=O) groups is 1. The highest BCUT2D eigenvalue weighted by atomic mass is 35.5. The van der Waals surface area contributed by atoms with Crippen LogP contribution in [0.1, 0.15) is 71.9 Å². The molecular formula is C30H38ClN7O3. The van der Waals surface area contributed by atoms with Gasteiger partial charge < -0.3 is 19.3 Å². The van der Waals surface area contributed by atoms with Gasteiger partial charge in [-0.25, -0.2) is 14.5 Å². The largest absolute Gasteiger partial charge is 0.444 e. The minimum Gasteiger partial charge on any atom is -0.444 e. The Morgan fingerprint density at radius 2 is 1.80 bits per heavy atom. The van der Waals surface area contributed by atoms with Crippen LogP contribution < -0.4 is 4.90 Å². The van der Waals surface area contributed by atoms with Crippen molar-refractivity contribution in [2.24, 2.45) is 0 Å². The molecule has 41 heavy (non-hydrogen) atoms. The molecule has 10 nitrogen and oxygen atoms in total. The molecule has 11 heteroatoms. The fourth-order valence-electron chi connectivity index (χ4n) is 6.27. The summed E-state index contributed by atoms with van der Waals surface area (Å²) in [6.07, 6.45) is 10.5. The predicted octanol–water partition coefficient (Wildman–Crippen LogP) is 6.12. The molecule has 3 aliphatic rings. The number of anilines is 1. The van der Waals surface area contributed by atoms with E-state index in [2.05, 4.69) is 32.2 Å². The topological polar surface area (TPSA) is 98.5 Å². The summed E-state index contributed by atoms with van der Waals surface area (Å²) in [4.78, 5) is 21.6. The lowest BCUT2D eigenvalue weighted by Crippen LogP contribution is -2.53. The van der Waals surface area contributed by atoms with E-state index in [1.807, 2.05) is 60.8 Å². The van der Waals surface area contributed by atoms with Crippen LogP contribution in [0.4, 0.5) is 10.6 Å². The number of hydrogen-bond donors (Lipinski definition) is 0. The van der Waals surface area contributed by atoms with Gasteiger partial charge in [-0.3, -0.25) is 0 Å². The monoisotopic (exact) mass is 579 g/mol. The molecule has 1 amide bonds. The lowest BCUT2D eigenvalue weighted by Gasteiger charge is -2.42. The number of hydrogen-bond acceptors (Lipinski definition) is 8. The highest BCUT2D eigenvalue weighted by Gasteiger charge is 2.46. The van der Waals surface area contributed by atoms with Crippen LogP contribution in [0.25, 0.3) is 22.5 Å². The zero-order chi connectivity index (χ0) is 28.7. The zero-order valence-corrected chi connectivity index (χ0v) is 24.9. The van der Waals surface area contributed by atoms with Crippen LogP contribution in [0.3, 0.4) is 0 Å². The van der Waals surface area contributed by atoms with Crippen molar-refractivity contribution >= 4 is 23.5 Å². The first-order valence-electron chi connectivity index (χ1n) is 14.6. The number of rotatable bonds is 5. The number of aromatic nitrogens is 5. The second-order valence-corrected chi connectivity index (χ2v) is 12.7. The van der Waals surface area contributed by atoms with Crippen molar-refractivity contribution in [1.82, 2.24) is 29.9 Å². The summed E-state index contributed by atoms with van der Waals surface area (Å²) in [5.74, 6) is 0.795. The van der Waals surface area contributed by atoms with Crippen LogP contribution in [0.5, 0.6) is 0 Å². The van der Waals surface area contributed by atoms with E-state index in [-0.39, 0.29) is 30.4 Å². The summed E-state index contributed by atoms with van der Waals surface area (Å²) >= 11 is 6.62. The Hall–Kier alpha value is -3.24. The SMILES string of the molecule is CN(c1ccc(-c2ccc(-c3cnn(C4CCCCO4)c3)c(Cl)n2)nn1)C1CC2CCC(C1)N2C(=O)OC(C)(C)C. The first-order valence-corrected chi connectivity index (χ1v) is 14.9. The molecule has 3 saturated heterocycles. The predicted molar refractivity (Wildman–Crippen MR) is 157 cm³/mol. The number of nitrogens with zero attached hydrogens (tertiary/aromatic N) is 7. The molecule has 0 aromatic carbocycles. The van der Waals surface area contributed by atoms with Gasteiger partial charge in [-0.1, -0.05) is 11.6 Å². The summed E-state index contributed by atoms with van der Waals surface area (Å²) in [5.41, 5.74) is 2.54. The van der Waals surface area contributed by atoms with Crippen molar-refractivity contribution < 1.29 is 14.3 Å². The summed E-state index contributed by atoms with van der Waals surface area (Å²) in [7, 11) is 2.05. The number of fused-ring (bicyclic) bond motifs is 2. The average Bonchev–Trinajstić information content (AvgIpc) is 3.55. The van der Waals surface area contributed by atoms with Gasteiger partial charge in [-0.05, 0) is 90.0 Å². The third-order valence-corrected chi connectivity index (χ3v) is 8.63. The molecule has 3 unspecified atom stereocenters. The van der Waals surface area contributed by atoms with Crippen LogP contribution in [0.15, 0.2) is 36.7 Å². The Morgan fingerprint density at radius 3 is 2.44 bits per heavy atom. The molecule has 2 bridgehead atoms.